The van der Waals surface area contributed by atoms with Crippen LogP contribution in [0, 0.1) is 6.92 Å². The van der Waals surface area contributed by atoms with E-state index in [1.54, 1.807) is 10.4 Å². The number of rotatable bonds is 4. The van der Waals surface area contributed by atoms with Gasteiger partial charge in [-0.15, -0.1) is 0 Å². The molecule has 4 nitrogen and oxygen atoms in total. The van der Waals surface area contributed by atoms with Crippen LogP contribution in [0.2, 0.25) is 0 Å². The maximum atomic E-state index is 12.9. The third-order valence-electron chi connectivity index (χ3n) is 3.77. The van der Waals surface area contributed by atoms with Crippen LogP contribution in [0.4, 0.5) is 0 Å². The monoisotopic (exact) mass is 392 g/mol. The topological polar surface area (TPSA) is 63.4 Å². The van der Waals surface area contributed by atoms with E-state index < -0.39 is 10.0 Å². The van der Waals surface area contributed by atoms with Gasteiger partial charge in [-0.3, -0.25) is 0 Å². The molecule has 1 aromatic carbocycles. The summed E-state index contributed by atoms with van der Waals surface area (Å²) in [6.07, 6.45) is 0.988. The van der Waals surface area contributed by atoms with Gasteiger partial charge in [-0.1, -0.05) is 22.9 Å². The minimum absolute atomic E-state index is 0.328. The molecule has 1 heterocycles. The molecule has 1 atom stereocenters. The molecule has 0 bridgehead atoms. The van der Waals surface area contributed by atoms with Gasteiger partial charge in [0.05, 0.1) is 4.90 Å². The van der Waals surface area contributed by atoms with Crippen LogP contribution >= 0.6 is 27.7 Å². The zero-order valence-corrected chi connectivity index (χ0v) is 15.5. The molecule has 0 aromatic heterocycles. The number of hydrogen-bond donors (Lipinski definition) is 1. The lowest BCUT2D eigenvalue weighted by Crippen LogP contribution is -2.41. The van der Waals surface area contributed by atoms with E-state index in [1.165, 1.54) is 0 Å². The van der Waals surface area contributed by atoms with E-state index in [1.807, 2.05) is 24.8 Å². The molecule has 0 saturated carbocycles. The molecule has 0 radical (unpaired) electrons. The minimum Gasteiger partial charge on any atom is -0.326 e. The average Bonchev–Trinajstić information content (AvgIpc) is 2.49. The molecule has 0 spiro atoms. The highest BCUT2D eigenvalue weighted by atomic mass is 79.9. The summed E-state index contributed by atoms with van der Waals surface area (Å²) in [6, 6.07) is 3.59. The normalized spacial score (nSPS) is 20.7. The first-order valence-electron chi connectivity index (χ1n) is 7.01. The predicted octanol–water partition coefficient (Wildman–Crippen LogP) is 2.73. The summed E-state index contributed by atoms with van der Waals surface area (Å²) in [6.45, 7) is 5.42. The second kappa shape index (κ2) is 7.00. The van der Waals surface area contributed by atoms with Crippen LogP contribution in [-0.2, 0) is 16.6 Å². The Hall–Kier alpha value is -0.0800. The van der Waals surface area contributed by atoms with Crippen LogP contribution in [0.1, 0.15) is 24.5 Å². The Balaban J connectivity index is 2.41. The Morgan fingerprint density at radius 1 is 1.48 bits per heavy atom. The lowest BCUT2D eigenvalue weighted by atomic mass is 10.1. The molecule has 0 aliphatic carbocycles. The first kappa shape index (κ1) is 17.3. The summed E-state index contributed by atoms with van der Waals surface area (Å²) in [4.78, 5) is 0.374. The van der Waals surface area contributed by atoms with Crippen LogP contribution in [0.25, 0.3) is 0 Å². The van der Waals surface area contributed by atoms with Gasteiger partial charge in [0.2, 0.25) is 10.0 Å². The fourth-order valence-electron chi connectivity index (χ4n) is 2.39. The number of halogens is 1. The van der Waals surface area contributed by atoms with E-state index >= 15 is 0 Å². The standard InChI is InChI=1S/C14H21BrN2O2S2/c1-3-12-9-17(4-5-20-12)21(18,19)14-7-11(8-16)6-13(15)10(14)2/h6-7,12H,3-5,8-9,16H2,1-2H3. The van der Waals surface area contributed by atoms with E-state index in [9.17, 15) is 8.42 Å². The molecule has 1 saturated heterocycles. The summed E-state index contributed by atoms with van der Waals surface area (Å²) < 4.78 is 28.3. The van der Waals surface area contributed by atoms with Gasteiger partial charge in [-0.2, -0.15) is 16.1 Å². The van der Waals surface area contributed by atoms with Crippen LogP contribution < -0.4 is 5.73 Å². The molecule has 1 aliphatic rings. The van der Waals surface area contributed by atoms with Gasteiger partial charge in [0.15, 0.2) is 0 Å². The van der Waals surface area contributed by atoms with Gasteiger partial charge in [0.25, 0.3) is 0 Å². The molecular formula is C14H21BrN2O2S2. The van der Waals surface area contributed by atoms with Gasteiger partial charge < -0.3 is 5.73 Å². The number of benzene rings is 1. The molecule has 1 unspecified atom stereocenters. The van der Waals surface area contributed by atoms with E-state index in [2.05, 4.69) is 22.9 Å². The molecule has 1 aliphatic heterocycles. The van der Waals surface area contributed by atoms with Gasteiger partial charge in [0.1, 0.15) is 0 Å². The molecule has 7 heteroatoms. The van der Waals surface area contributed by atoms with Gasteiger partial charge in [-0.05, 0) is 36.6 Å². The van der Waals surface area contributed by atoms with Gasteiger partial charge in [-0.25, -0.2) is 8.42 Å². The third-order valence-corrected chi connectivity index (χ3v) is 7.95. The van der Waals surface area contributed by atoms with E-state index in [0.717, 1.165) is 27.8 Å². The van der Waals surface area contributed by atoms with Crippen molar-refractivity contribution in [1.82, 2.24) is 4.31 Å². The summed E-state index contributed by atoms with van der Waals surface area (Å²) in [5.74, 6) is 0.856. The summed E-state index contributed by atoms with van der Waals surface area (Å²) in [5, 5.41) is 0.384. The number of nitrogens with zero attached hydrogens (tertiary/aromatic N) is 1. The lowest BCUT2D eigenvalue weighted by molar-refractivity contribution is 0.415. The SMILES string of the molecule is CCC1CN(S(=O)(=O)c2cc(CN)cc(Br)c2C)CCS1. The van der Waals surface area contributed by atoms with Crippen molar-refractivity contribution in [3.8, 4) is 0 Å². The molecule has 118 valence electrons. The Bertz CT molecular complexity index is 620. The molecular weight excluding hydrogens is 372 g/mol. The number of nitrogens with two attached hydrogens (primary N) is 1. The highest BCUT2D eigenvalue weighted by Gasteiger charge is 2.31. The van der Waals surface area contributed by atoms with Gasteiger partial charge >= 0.3 is 0 Å². The third kappa shape index (κ3) is 3.64. The van der Waals surface area contributed by atoms with Crippen molar-refractivity contribution in [2.45, 2.75) is 37.0 Å². The predicted molar refractivity (Wildman–Crippen MR) is 92.1 cm³/mol. The van der Waals surface area contributed by atoms with Crippen LogP contribution in [0.15, 0.2) is 21.5 Å². The molecule has 1 aromatic rings. The first-order chi connectivity index (χ1) is 9.90. The highest BCUT2D eigenvalue weighted by Crippen LogP contribution is 2.31. The van der Waals surface area contributed by atoms with Crippen molar-refractivity contribution >= 4 is 37.7 Å². The van der Waals surface area contributed by atoms with Crippen LogP contribution in [0.5, 0.6) is 0 Å². The minimum atomic E-state index is -3.46. The van der Waals surface area contributed by atoms with E-state index in [4.69, 9.17) is 5.73 Å². The van der Waals surface area contributed by atoms with Crippen molar-refractivity contribution in [3.63, 3.8) is 0 Å². The van der Waals surface area contributed by atoms with Crippen molar-refractivity contribution < 1.29 is 8.42 Å². The maximum Gasteiger partial charge on any atom is 0.243 e. The molecule has 0 amide bonds. The Morgan fingerprint density at radius 2 is 2.19 bits per heavy atom. The van der Waals surface area contributed by atoms with Gasteiger partial charge in [0, 0.05) is 35.1 Å². The van der Waals surface area contributed by atoms with Crippen molar-refractivity contribution in [2.24, 2.45) is 5.73 Å². The van der Waals surface area contributed by atoms with Crippen molar-refractivity contribution in [2.75, 3.05) is 18.8 Å². The molecule has 21 heavy (non-hydrogen) atoms. The smallest absolute Gasteiger partial charge is 0.243 e. The average molecular weight is 393 g/mol. The maximum absolute atomic E-state index is 12.9. The quantitative estimate of drug-likeness (QED) is 0.855. The second-order valence-corrected chi connectivity index (χ2v) is 9.34. The first-order valence-corrected chi connectivity index (χ1v) is 10.3. The zero-order chi connectivity index (χ0) is 15.6. The Morgan fingerprint density at radius 3 is 2.81 bits per heavy atom. The van der Waals surface area contributed by atoms with E-state index in [0.29, 0.717) is 29.8 Å². The Kier molecular flexibility index (Phi) is 5.76. The highest BCUT2D eigenvalue weighted by molar-refractivity contribution is 9.10. The number of sulfonamides is 1. The molecule has 2 N–H and O–H groups in total. The fraction of sp³-hybridized carbons (Fsp3) is 0.571. The Labute approximate surface area is 139 Å². The van der Waals surface area contributed by atoms with Crippen molar-refractivity contribution in [3.05, 3.63) is 27.7 Å². The zero-order valence-electron chi connectivity index (χ0n) is 12.3. The van der Waals surface area contributed by atoms with Crippen LogP contribution in [-0.4, -0.2) is 36.8 Å². The van der Waals surface area contributed by atoms with E-state index in [-0.39, 0.29) is 0 Å². The summed E-state index contributed by atoms with van der Waals surface area (Å²) in [7, 11) is -3.46. The number of thioether (sulfide) groups is 1. The summed E-state index contributed by atoms with van der Waals surface area (Å²) >= 11 is 5.29. The summed E-state index contributed by atoms with van der Waals surface area (Å²) in [5.41, 5.74) is 7.24. The number of hydrogen-bond acceptors (Lipinski definition) is 4. The lowest BCUT2D eigenvalue weighted by Gasteiger charge is -2.31. The molecule has 1 fully saturated rings. The fourth-order valence-corrected chi connectivity index (χ4v) is 6.20. The molecule has 2 rings (SSSR count). The van der Waals surface area contributed by atoms with Crippen molar-refractivity contribution in [1.29, 1.82) is 0 Å². The second-order valence-electron chi connectivity index (χ2n) is 5.17. The van der Waals surface area contributed by atoms with Crippen LogP contribution in [0.3, 0.4) is 0 Å². The largest absolute Gasteiger partial charge is 0.326 e.